The summed E-state index contributed by atoms with van der Waals surface area (Å²) in [6.07, 6.45) is 4.75. The highest BCUT2D eigenvalue weighted by Gasteiger charge is 2.30. The van der Waals surface area contributed by atoms with Crippen molar-refractivity contribution < 1.29 is 9.59 Å². The number of hydrogen-bond acceptors (Lipinski definition) is 3. The van der Waals surface area contributed by atoms with E-state index >= 15 is 0 Å². The van der Waals surface area contributed by atoms with E-state index in [0.717, 1.165) is 39.1 Å². The summed E-state index contributed by atoms with van der Waals surface area (Å²) in [5, 5.41) is 9.17. The number of nitrogens with zero attached hydrogens (tertiary/aromatic N) is 2. The predicted octanol–water partition coefficient (Wildman–Crippen LogP) is 4.36. The van der Waals surface area contributed by atoms with Crippen LogP contribution < -0.4 is 10.6 Å². The molecule has 0 saturated heterocycles. The van der Waals surface area contributed by atoms with Crippen molar-refractivity contribution in [3.8, 4) is 17.2 Å². The van der Waals surface area contributed by atoms with Gasteiger partial charge in [0.05, 0.1) is 18.2 Å². The van der Waals surface area contributed by atoms with E-state index in [2.05, 4.69) is 6.07 Å². The minimum atomic E-state index is -0.422. The lowest BCUT2D eigenvalue weighted by atomic mass is 9.90. The monoisotopic (exact) mass is 405 g/mol. The van der Waals surface area contributed by atoms with E-state index in [-0.39, 0.29) is 5.91 Å². The van der Waals surface area contributed by atoms with Gasteiger partial charge in [0.2, 0.25) is 5.91 Å². The van der Waals surface area contributed by atoms with Gasteiger partial charge in [0.15, 0.2) is 0 Å². The van der Waals surface area contributed by atoms with Crippen LogP contribution in [0.4, 0.5) is 5.69 Å². The van der Waals surface area contributed by atoms with Crippen molar-refractivity contribution in [1.29, 1.82) is 5.26 Å². The van der Waals surface area contributed by atoms with Gasteiger partial charge in [-0.15, -0.1) is 0 Å². The first kappa shape index (κ1) is 18.8. The normalized spacial score (nSPS) is 13.8. The molecule has 0 radical (unpaired) electrons. The molecule has 5 rings (SSSR count). The van der Waals surface area contributed by atoms with Gasteiger partial charge in [-0.25, -0.2) is 0 Å². The predicted molar refractivity (Wildman–Crippen MR) is 120 cm³/mol. The van der Waals surface area contributed by atoms with Crippen molar-refractivity contribution >= 4 is 23.6 Å². The fourth-order valence-corrected chi connectivity index (χ4v) is 4.61. The second-order valence-corrected chi connectivity index (χ2v) is 7.85. The maximum absolute atomic E-state index is 13.1. The zero-order chi connectivity index (χ0) is 21.7. The number of nitriles is 1. The summed E-state index contributed by atoms with van der Waals surface area (Å²) in [6, 6.07) is 17.0. The molecule has 0 spiro atoms. The van der Waals surface area contributed by atoms with Crippen LogP contribution in [0.5, 0.6) is 0 Å². The molecule has 0 atom stereocenters. The number of hydrogen-bond donors (Lipinski definition) is 1. The molecule has 2 amide bonds. The van der Waals surface area contributed by atoms with Crippen molar-refractivity contribution in [3.63, 3.8) is 0 Å². The molecular weight excluding hydrogens is 386 g/mol. The van der Waals surface area contributed by atoms with Gasteiger partial charge in [-0.2, -0.15) is 5.26 Å². The second kappa shape index (κ2) is 6.96. The van der Waals surface area contributed by atoms with E-state index in [4.69, 9.17) is 11.0 Å². The molecule has 0 fully saturated rings. The van der Waals surface area contributed by atoms with E-state index in [0.29, 0.717) is 29.7 Å². The molecule has 0 bridgehead atoms. The maximum Gasteiger partial charge on any atom is 0.258 e. The molecule has 3 aromatic rings. The highest BCUT2D eigenvalue weighted by Crippen LogP contribution is 2.39. The van der Waals surface area contributed by atoms with Gasteiger partial charge in [0, 0.05) is 16.8 Å². The molecule has 31 heavy (non-hydrogen) atoms. The lowest BCUT2D eigenvalue weighted by Crippen LogP contribution is -2.24. The lowest BCUT2D eigenvalue weighted by Gasteiger charge is -2.21. The zero-order valence-corrected chi connectivity index (χ0v) is 17.0. The molecule has 2 aliphatic rings. The molecular formula is C26H19N3O2. The van der Waals surface area contributed by atoms with Crippen molar-refractivity contribution in [1.82, 2.24) is 0 Å². The molecule has 0 unspecified atom stereocenters. The van der Waals surface area contributed by atoms with Gasteiger partial charge in [0.1, 0.15) is 0 Å². The first-order valence-corrected chi connectivity index (χ1v) is 10.1. The van der Waals surface area contributed by atoms with Gasteiger partial charge in [0.25, 0.3) is 5.91 Å². The van der Waals surface area contributed by atoms with E-state index in [9.17, 15) is 9.59 Å². The molecule has 1 aliphatic carbocycles. The fourth-order valence-electron chi connectivity index (χ4n) is 4.61. The summed E-state index contributed by atoms with van der Waals surface area (Å²) >= 11 is 0. The van der Waals surface area contributed by atoms with Crippen LogP contribution in [0, 0.1) is 18.3 Å². The molecule has 1 aliphatic heterocycles. The molecule has 0 aromatic heterocycles. The van der Waals surface area contributed by atoms with Crippen LogP contribution in [0.1, 0.15) is 48.5 Å². The number of carbonyl (C=O) groups excluding carboxylic acids is 2. The van der Waals surface area contributed by atoms with Gasteiger partial charge in [-0.1, -0.05) is 36.4 Å². The summed E-state index contributed by atoms with van der Waals surface area (Å²) in [5.41, 5.74) is 13.9. The topological polar surface area (TPSA) is 87.2 Å². The second-order valence-electron chi connectivity index (χ2n) is 7.85. The Bertz CT molecular complexity index is 1360. The summed E-state index contributed by atoms with van der Waals surface area (Å²) in [7, 11) is 0. The number of rotatable bonds is 3. The molecule has 5 nitrogen and oxygen atoms in total. The van der Waals surface area contributed by atoms with Crippen LogP contribution >= 0.6 is 0 Å². The smallest absolute Gasteiger partial charge is 0.258 e. The van der Waals surface area contributed by atoms with E-state index in [1.807, 2.05) is 49.4 Å². The summed E-state index contributed by atoms with van der Waals surface area (Å²) in [6.45, 7) is 2.48. The minimum Gasteiger partial charge on any atom is -0.366 e. The fraction of sp³-hybridized carbons (Fsp3) is 0.115. The summed E-state index contributed by atoms with van der Waals surface area (Å²) in [5.74, 6) is -0.518. The Morgan fingerprint density at radius 1 is 1.10 bits per heavy atom. The Balaban J connectivity index is 1.60. The van der Waals surface area contributed by atoms with Crippen molar-refractivity contribution in [2.24, 2.45) is 5.73 Å². The molecule has 1 heterocycles. The minimum absolute atomic E-state index is 0.0958. The van der Waals surface area contributed by atoms with Gasteiger partial charge >= 0.3 is 0 Å². The van der Waals surface area contributed by atoms with Crippen LogP contribution in [-0.4, -0.2) is 11.8 Å². The molecule has 5 heteroatoms. The molecule has 0 saturated carbocycles. The van der Waals surface area contributed by atoms with Crippen molar-refractivity contribution in [2.75, 3.05) is 4.90 Å². The Hall–Kier alpha value is -4.17. The highest BCUT2D eigenvalue weighted by molar-refractivity contribution is 6.11. The molecule has 150 valence electrons. The number of fused-ring (bicyclic) bond motifs is 2. The Labute approximate surface area is 180 Å². The van der Waals surface area contributed by atoms with Crippen LogP contribution in [-0.2, 0) is 13.0 Å². The number of allylic oxidation sites excluding steroid dienone is 1. The average molecular weight is 405 g/mol. The van der Waals surface area contributed by atoms with Crippen molar-refractivity contribution in [3.05, 3.63) is 93.6 Å². The molecule has 3 aromatic carbocycles. The van der Waals surface area contributed by atoms with E-state index in [1.54, 1.807) is 23.1 Å². The van der Waals surface area contributed by atoms with Crippen LogP contribution in [0.25, 0.3) is 17.2 Å². The summed E-state index contributed by atoms with van der Waals surface area (Å²) in [4.78, 5) is 26.7. The molecule has 2 N–H and O–H groups in total. The standard InChI is InChI=1S/C26H19N3O2/c1-15-18(21-10-11-22(25(28)30)20-6-2-5-19(20)21)4-3-7-24(15)29-14-17-9-8-16(13-27)12-23(17)26(29)31/h2-5,7-12H,6,14H2,1H3,(H2,28,30). The van der Waals surface area contributed by atoms with E-state index < -0.39 is 5.91 Å². The lowest BCUT2D eigenvalue weighted by molar-refractivity contribution is 0.0989. The van der Waals surface area contributed by atoms with Gasteiger partial charge in [-0.05, 0) is 71.0 Å². The number of nitrogens with two attached hydrogens (primary N) is 1. The van der Waals surface area contributed by atoms with Gasteiger partial charge in [-0.3, -0.25) is 9.59 Å². The Kier molecular flexibility index (Phi) is 4.23. The van der Waals surface area contributed by atoms with Gasteiger partial charge < -0.3 is 10.6 Å². The van der Waals surface area contributed by atoms with Crippen molar-refractivity contribution in [2.45, 2.75) is 19.9 Å². The SMILES string of the molecule is Cc1c(-c2ccc(C(N)=O)c3c2C=CC3)cccc1N1Cc2ccc(C#N)cc2C1=O. The van der Waals surface area contributed by atoms with E-state index in [1.165, 1.54) is 0 Å². The summed E-state index contributed by atoms with van der Waals surface area (Å²) < 4.78 is 0. The van der Waals surface area contributed by atoms with Crippen LogP contribution in [0.3, 0.4) is 0 Å². The first-order chi connectivity index (χ1) is 15.0. The number of primary amides is 1. The maximum atomic E-state index is 13.1. The zero-order valence-electron chi connectivity index (χ0n) is 17.0. The number of benzene rings is 3. The largest absolute Gasteiger partial charge is 0.366 e. The number of amides is 2. The third-order valence-electron chi connectivity index (χ3n) is 6.16. The third-order valence-corrected chi connectivity index (χ3v) is 6.16. The third kappa shape index (κ3) is 2.84. The van der Waals surface area contributed by atoms with Crippen LogP contribution in [0.15, 0.2) is 54.6 Å². The Morgan fingerprint density at radius 2 is 1.94 bits per heavy atom. The van der Waals surface area contributed by atoms with Crippen LogP contribution in [0.2, 0.25) is 0 Å². The number of anilines is 1. The quantitative estimate of drug-likeness (QED) is 0.702. The average Bonchev–Trinajstić information content (AvgIpc) is 3.38. The highest BCUT2D eigenvalue weighted by atomic mass is 16.2. The number of carbonyl (C=O) groups is 2. The first-order valence-electron chi connectivity index (χ1n) is 10.1. The Morgan fingerprint density at radius 3 is 2.71 bits per heavy atom.